The molecule has 0 aromatic heterocycles. The van der Waals surface area contributed by atoms with Crippen LogP contribution in [-0.4, -0.2) is 13.3 Å². The van der Waals surface area contributed by atoms with E-state index in [9.17, 15) is 17.6 Å². The Hall–Kier alpha value is -1.39. The summed E-state index contributed by atoms with van der Waals surface area (Å²) < 4.78 is 49.6. The molecule has 0 aliphatic heterocycles. The molecule has 0 radical (unpaired) electrons. The van der Waals surface area contributed by atoms with Crippen LogP contribution in [0.4, 0.5) is 17.6 Å². The van der Waals surface area contributed by atoms with Crippen molar-refractivity contribution in [2.75, 3.05) is 7.05 Å². The number of rotatable bonds is 1. The second-order valence-corrected chi connectivity index (χ2v) is 2.62. The maximum absolute atomic E-state index is 12.6. The molecule has 0 saturated heterocycles. The number of aliphatic imine (C=N–C) groups is 1. The fourth-order valence-corrected chi connectivity index (χ4v) is 1.04. The van der Waals surface area contributed by atoms with Crippen LogP contribution < -0.4 is 0 Å². The molecular weight excluding hydrogens is 198 g/mol. The minimum Gasteiger partial charge on any atom is -0.296 e. The van der Waals surface area contributed by atoms with Gasteiger partial charge < -0.3 is 0 Å². The smallest absolute Gasteiger partial charge is 0.296 e. The zero-order valence-electron chi connectivity index (χ0n) is 7.27. The zero-order chi connectivity index (χ0) is 10.8. The third-order valence-corrected chi connectivity index (χ3v) is 1.59. The first-order valence-electron chi connectivity index (χ1n) is 3.74. The second kappa shape index (κ2) is 3.77. The van der Waals surface area contributed by atoms with E-state index in [0.29, 0.717) is 6.07 Å². The van der Waals surface area contributed by atoms with Gasteiger partial charge in [0.05, 0.1) is 5.56 Å². The number of hydrogen-bond donors (Lipinski definition) is 0. The predicted molar refractivity (Wildman–Crippen MR) is 44.9 cm³/mol. The van der Waals surface area contributed by atoms with Gasteiger partial charge in [0.2, 0.25) is 0 Å². The van der Waals surface area contributed by atoms with Crippen molar-refractivity contribution in [3.05, 3.63) is 35.1 Å². The van der Waals surface area contributed by atoms with Gasteiger partial charge in [-0.3, -0.25) is 4.99 Å². The van der Waals surface area contributed by atoms with Crippen molar-refractivity contribution in [2.24, 2.45) is 4.99 Å². The Labute approximate surface area is 78.1 Å². The lowest BCUT2D eigenvalue weighted by atomic mass is 10.1. The first kappa shape index (κ1) is 10.7. The molecule has 0 N–H and O–H groups in total. The second-order valence-electron chi connectivity index (χ2n) is 2.62. The fourth-order valence-electron chi connectivity index (χ4n) is 1.04. The van der Waals surface area contributed by atoms with Gasteiger partial charge in [-0.05, 0) is 18.2 Å². The van der Waals surface area contributed by atoms with Gasteiger partial charge in [-0.2, -0.15) is 13.2 Å². The Morgan fingerprint density at radius 3 is 2.43 bits per heavy atom. The number of benzene rings is 1. The molecule has 0 aliphatic rings. The summed E-state index contributed by atoms with van der Waals surface area (Å²) in [6.45, 7) is 0. The molecule has 76 valence electrons. The molecule has 1 nitrogen and oxygen atoms in total. The quantitative estimate of drug-likeness (QED) is 0.493. The topological polar surface area (TPSA) is 12.4 Å². The van der Waals surface area contributed by atoms with E-state index in [1.165, 1.54) is 7.05 Å². The minimum atomic E-state index is -4.48. The van der Waals surface area contributed by atoms with Gasteiger partial charge in [0.25, 0.3) is 0 Å². The molecular formula is C9H7F4N. The lowest BCUT2D eigenvalue weighted by Gasteiger charge is -2.09. The van der Waals surface area contributed by atoms with Gasteiger partial charge in [0, 0.05) is 18.8 Å². The average molecular weight is 205 g/mol. The fraction of sp³-hybridized carbons (Fsp3) is 0.222. The van der Waals surface area contributed by atoms with Crippen LogP contribution in [0.2, 0.25) is 0 Å². The summed E-state index contributed by atoms with van der Waals surface area (Å²) in [5.74, 6) is -0.715. The summed E-state index contributed by atoms with van der Waals surface area (Å²) in [6.07, 6.45) is -3.50. The molecule has 0 unspecified atom stereocenters. The van der Waals surface area contributed by atoms with E-state index in [4.69, 9.17) is 0 Å². The lowest BCUT2D eigenvalue weighted by Crippen LogP contribution is -2.09. The molecule has 0 heterocycles. The van der Waals surface area contributed by atoms with Crippen molar-refractivity contribution in [3.63, 3.8) is 0 Å². The van der Waals surface area contributed by atoms with E-state index in [0.717, 1.165) is 18.3 Å². The highest BCUT2D eigenvalue weighted by Crippen LogP contribution is 2.31. The lowest BCUT2D eigenvalue weighted by molar-refractivity contribution is -0.137. The molecule has 0 atom stereocenters. The van der Waals surface area contributed by atoms with Crippen molar-refractivity contribution < 1.29 is 17.6 Å². The van der Waals surface area contributed by atoms with Gasteiger partial charge in [-0.25, -0.2) is 4.39 Å². The highest BCUT2D eigenvalue weighted by atomic mass is 19.4. The van der Waals surface area contributed by atoms with Crippen LogP contribution in [-0.2, 0) is 6.18 Å². The van der Waals surface area contributed by atoms with E-state index >= 15 is 0 Å². The molecule has 1 aromatic carbocycles. The van der Waals surface area contributed by atoms with Crippen molar-refractivity contribution >= 4 is 6.21 Å². The van der Waals surface area contributed by atoms with Gasteiger partial charge in [0.1, 0.15) is 5.82 Å². The maximum atomic E-state index is 12.6. The Balaban J connectivity index is 3.29. The third-order valence-electron chi connectivity index (χ3n) is 1.59. The number of hydrogen-bond acceptors (Lipinski definition) is 1. The Morgan fingerprint density at radius 1 is 1.29 bits per heavy atom. The Morgan fingerprint density at radius 2 is 1.93 bits per heavy atom. The van der Waals surface area contributed by atoms with Crippen LogP contribution in [0.3, 0.4) is 0 Å². The number of nitrogens with zero attached hydrogens (tertiary/aromatic N) is 1. The van der Waals surface area contributed by atoms with Crippen LogP contribution >= 0.6 is 0 Å². The van der Waals surface area contributed by atoms with E-state index in [1.54, 1.807) is 0 Å². The molecule has 0 bridgehead atoms. The SMILES string of the molecule is CN=Cc1cc(F)ccc1C(F)(F)F. The van der Waals surface area contributed by atoms with E-state index in [-0.39, 0.29) is 5.56 Å². The summed E-state index contributed by atoms with van der Waals surface area (Å²) in [5.41, 5.74) is -1.15. The zero-order valence-corrected chi connectivity index (χ0v) is 7.27. The Bertz CT molecular complexity index is 354. The van der Waals surface area contributed by atoms with Crippen LogP contribution in [0.5, 0.6) is 0 Å². The highest BCUT2D eigenvalue weighted by Gasteiger charge is 2.32. The Kier molecular flexibility index (Phi) is 2.88. The van der Waals surface area contributed by atoms with Gasteiger partial charge in [-0.1, -0.05) is 0 Å². The molecule has 0 amide bonds. The molecule has 1 aromatic rings. The predicted octanol–water partition coefficient (Wildman–Crippen LogP) is 2.89. The average Bonchev–Trinajstić information content (AvgIpc) is 2.02. The monoisotopic (exact) mass is 205 g/mol. The van der Waals surface area contributed by atoms with Crippen molar-refractivity contribution in [1.29, 1.82) is 0 Å². The summed E-state index contributed by atoms with van der Waals surface area (Å²) in [5, 5.41) is 0. The van der Waals surface area contributed by atoms with E-state index in [1.807, 2.05) is 0 Å². The van der Waals surface area contributed by atoms with Gasteiger partial charge >= 0.3 is 6.18 Å². The summed E-state index contributed by atoms with van der Waals surface area (Å²) >= 11 is 0. The van der Waals surface area contributed by atoms with E-state index < -0.39 is 17.6 Å². The number of alkyl halides is 3. The highest BCUT2D eigenvalue weighted by molar-refractivity contribution is 5.81. The molecule has 0 fully saturated rings. The first-order valence-corrected chi connectivity index (χ1v) is 3.74. The van der Waals surface area contributed by atoms with Crippen LogP contribution in [0.15, 0.2) is 23.2 Å². The minimum absolute atomic E-state index is 0.264. The normalized spacial score (nSPS) is 12.4. The molecule has 0 aliphatic carbocycles. The van der Waals surface area contributed by atoms with E-state index in [2.05, 4.69) is 4.99 Å². The molecule has 0 spiro atoms. The molecule has 14 heavy (non-hydrogen) atoms. The summed E-state index contributed by atoms with van der Waals surface area (Å²) in [6, 6.07) is 2.28. The van der Waals surface area contributed by atoms with Gasteiger partial charge in [0.15, 0.2) is 0 Å². The van der Waals surface area contributed by atoms with Crippen molar-refractivity contribution in [3.8, 4) is 0 Å². The van der Waals surface area contributed by atoms with Gasteiger partial charge in [-0.15, -0.1) is 0 Å². The van der Waals surface area contributed by atoms with Crippen LogP contribution in [0.1, 0.15) is 11.1 Å². The third kappa shape index (κ3) is 2.31. The molecule has 5 heteroatoms. The largest absolute Gasteiger partial charge is 0.417 e. The number of halogens is 4. The summed E-state index contributed by atoms with van der Waals surface area (Å²) in [4.78, 5) is 3.43. The molecule has 1 rings (SSSR count). The van der Waals surface area contributed by atoms with Crippen molar-refractivity contribution in [1.82, 2.24) is 0 Å². The standard InChI is InChI=1S/C9H7F4N/c1-14-5-6-4-7(10)2-3-8(6)9(11,12)13/h2-5H,1H3. The van der Waals surface area contributed by atoms with Crippen molar-refractivity contribution in [2.45, 2.75) is 6.18 Å². The molecule has 0 saturated carbocycles. The maximum Gasteiger partial charge on any atom is 0.417 e. The van der Waals surface area contributed by atoms with Crippen LogP contribution in [0.25, 0.3) is 0 Å². The summed E-state index contributed by atoms with van der Waals surface area (Å²) in [7, 11) is 1.32. The first-order chi connectivity index (χ1) is 6.45. The van der Waals surface area contributed by atoms with Crippen LogP contribution in [0, 0.1) is 5.82 Å².